The van der Waals surface area contributed by atoms with Crippen LogP contribution in [0.15, 0.2) is 23.3 Å². The van der Waals surface area contributed by atoms with Crippen LogP contribution in [0.1, 0.15) is 79.6 Å². The van der Waals surface area contributed by atoms with Crippen molar-refractivity contribution in [1.82, 2.24) is 36.2 Å². The van der Waals surface area contributed by atoms with E-state index in [-0.39, 0.29) is 24.0 Å². The summed E-state index contributed by atoms with van der Waals surface area (Å²) < 4.78 is 10.5. The number of rotatable bonds is 6. The minimum absolute atomic E-state index is 0.155. The molecule has 0 aromatic carbocycles. The van der Waals surface area contributed by atoms with Crippen molar-refractivity contribution < 1.29 is 29.0 Å². The van der Waals surface area contributed by atoms with Gasteiger partial charge in [-0.05, 0) is 65.0 Å². The molecule has 2 rings (SSSR count). The molecule has 39 heavy (non-hydrogen) atoms. The van der Waals surface area contributed by atoms with Crippen molar-refractivity contribution in [1.29, 1.82) is 0 Å². The van der Waals surface area contributed by atoms with Gasteiger partial charge in [-0.2, -0.15) is 10.2 Å². The third-order valence-corrected chi connectivity index (χ3v) is 5.02. The van der Waals surface area contributed by atoms with Gasteiger partial charge < -0.3 is 14.6 Å². The first-order chi connectivity index (χ1) is 17.8. The van der Waals surface area contributed by atoms with Gasteiger partial charge in [0.15, 0.2) is 11.6 Å². The van der Waals surface area contributed by atoms with E-state index < -0.39 is 46.6 Å². The Balaban J connectivity index is 2.32. The molecule has 14 nitrogen and oxygen atoms in total. The predicted molar refractivity (Wildman–Crippen MR) is 141 cm³/mol. The van der Waals surface area contributed by atoms with E-state index in [4.69, 9.17) is 9.47 Å². The van der Waals surface area contributed by atoms with Gasteiger partial charge in [-0.25, -0.2) is 14.6 Å². The van der Waals surface area contributed by atoms with Crippen molar-refractivity contribution in [2.45, 2.75) is 85.9 Å². The van der Waals surface area contributed by atoms with Crippen LogP contribution in [0.4, 0.5) is 15.4 Å². The number of ether oxygens (including phenoxy) is 2. The normalized spacial score (nSPS) is 13.6. The first-order valence-electron chi connectivity index (χ1n) is 12.3. The monoisotopic (exact) mass is 546 g/mol. The van der Waals surface area contributed by atoms with Gasteiger partial charge >= 0.3 is 18.2 Å². The number of alkyl carbamates (subject to hydrolysis) is 2. The van der Waals surface area contributed by atoms with E-state index in [2.05, 4.69) is 41.2 Å². The number of aromatic nitrogens is 5. The second-order valence-electron chi connectivity index (χ2n) is 12.0. The zero-order chi connectivity index (χ0) is 29.6. The number of aliphatic carboxylic acids is 1. The van der Waals surface area contributed by atoms with E-state index >= 15 is 0 Å². The predicted octanol–water partition coefficient (Wildman–Crippen LogP) is 3.70. The van der Waals surface area contributed by atoms with Gasteiger partial charge in [0.2, 0.25) is 5.96 Å². The molecular weight excluding hydrogens is 508 g/mol. The van der Waals surface area contributed by atoms with Crippen LogP contribution in [0, 0.1) is 11.3 Å². The number of amides is 2. The zero-order valence-corrected chi connectivity index (χ0v) is 23.8. The second kappa shape index (κ2) is 12.2. The van der Waals surface area contributed by atoms with Gasteiger partial charge in [0.05, 0.1) is 5.92 Å². The maximum Gasteiger partial charge on any atom is 0.414 e. The number of nitrogens with zero attached hydrogens (tertiary/aromatic N) is 5. The summed E-state index contributed by atoms with van der Waals surface area (Å²) in [5.74, 6) is -2.18. The smallest absolute Gasteiger partial charge is 0.414 e. The Hall–Kier alpha value is -4.10. The number of pyridine rings is 1. The third-order valence-electron chi connectivity index (χ3n) is 5.02. The molecule has 0 fully saturated rings. The standard InChI is InChI=1S/C25H38N8O6/c1-23(2,3)17(19(34)35)15(18-30-32-33-31-18)12-14-10-11-16(26-13-14)27-20(28-21(36)38-24(4,5)6)29-22(37)39-25(7,8)9/h10-11,13,15,17H,12H2,1-9H3,(H,34,35)(H,30,31,32,33)(H2,26,27,28,29,36,37)/t15-,17-/m0/s1. The van der Waals surface area contributed by atoms with Crippen molar-refractivity contribution >= 4 is 29.9 Å². The van der Waals surface area contributed by atoms with Crippen molar-refractivity contribution in [3.05, 3.63) is 29.7 Å². The highest BCUT2D eigenvalue weighted by molar-refractivity contribution is 6.02. The van der Waals surface area contributed by atoms with Crippen LogP contribution in [0.25, 0.3) is 0 Å². The van der Waals surface area contributed by atoms with Gasteiger partial charge in [-0.15, -0.1) is 10.2 Å². The number of carbonyl (C=O) groups is 3. The molecule has 2 amide bonds. The third kappa shape index (κ3) is 10.7. The van der Waals surface area contributed by atoms with Crippen LogP contribution < -0.4 is 10.6 Å². The molecule has 0 radical (unpaired) electrons. The maximum absolute atomic E-state index is 12.3. The van der Waals surface area contributed by atoms with Gasteiger partial charge in [-0.3, -0.25) is 15.4 Å². The number of carboxylic acid groups (broad SMARTS) is 1. The summed E-state index contributed by atoms with van der Waals surface area (Å²) in [5, 5.41) is 28.8. The number of aromatic amines is 1. The van der Waals surface area contributed by atoms with E-state index in [0.29, 0.717) is 5.56 Å². The molecule has 0 aliphatic rings. The molecule has 2 atom stereocenters. The average Bonchev–Trinajstić information content (AvgIpc) is 3.25. The number of carboxylic acids is 1. The van der Waals surface area contributed by atoms with Crippen LogP contribution in [0.5, 0.6) is 0 Å². The lowest BCUT2D eigenvalue weighted by atomic mass is 9.71. The Kier molecular flexibility index (Phi) is 9.71. The van der Waals surface area contributed by atoms with Crippen molar-refractivity contribution in [2.75, 3.05) is 0 Å². The number of hydrogen-bond acceptors (Lipinski definition) is 10. The maximum atomic E-state index is 12.3. The number of H-pyrrole nitrogens is 1. The Morgan fingerprint density at radius 3 is 1.92 bits per heavy atom. The Labute approximate surface area is 227 Å². The Bertz CT molecular complexity index is 1130. The van der Waals surface area contributed by atoms with Gasteiger partial charge in [-0.1, -0.05) is 32.1 Å². The van der Waals surface area contributed by atoms with Crippen LogP contribution in [0.2, 0.25) is 0 Å². The van der Waals surface area contributed by atoms with E-state index in [1.165, 1.54) is 6.20 Å². The fourth-order valence-electron chi connectivity index (χ4n) is 3.69. The van der Waals surface area contributed by atoms with Crippen LogP contribution in [-0.4, -0.2) is 66.0 Å². The fourth-order valence-corrected chi connectivity index (χ4v) is 3.69. The fraction of sp³-hybridized carbons (Fsp3) is 0.600. The number of tetrazole rings is 1. The summed E-state index contributed by atoms with van der Waals surface area (Å²) in [6, 6.07) is 3.27. The summed E-state index contributed by atoms with van der Waals surface area (Å²) in [4.78, 5) is 45.3. The highest BCUT2D eigenvalue weighted by Gasteiger charge is 2.41. The molecule has 2 heterocycles. The van der Waals surface area contributed by atoms with E-state index in [1.807, 2.05) is 20.8 Å². The topological polar surface area (TPSA) is 194 Å². The lowest BCUT2D eigenvalue weighted by Gasteiger charge is -2.32. The molecule has 2 aromatic rings. The Morgan fingerprint density at radius 1 is 0.974 bits per heavy atom. The molecule has 0 aliphatic heterocycles. The molecule has 4 N–H and O–H groups in total. The first-order valence-corrected chi connectivity index (χ1v) is 12.3. The summed E-state index contributed by atoms with van der Waals surface area (Å²) >= 11 is 0. The molecular formula is C25H38N8O6. The summed E-state index contributed by atoms with van der Waals surface area (Å²) in [5.41, 5.74) is -1.46. The molecule has 0 saturated carbocycles. The number of hydrogen-bond donors (Lipinski definition) is 4. The molecule has 14 heteroatoms. The van der Waals surface area contributed by atoms with Crippen molar-refractivity contribution in [2.24, 2.45) is 16.3 Å². The largest absolute Gasteiger partial charge is 0.481 e. The number of guanidine groups is 1. The zero-order valence-electron chi connectivity index (χ0n) is 23.8. The molecule has 214 valence electrons. The summed E-state index contributed by atoms with van der Waals surface area (Å²) in [7, 11) is 0. The van der Waals surface area contributed by atoms with Crippen molar-refractivity contribution in [3.63, 3.8) is 0 Å². The lowest BCUT2D eigenvalue weighted by molar-refractivity contribution is -0.146. The number of nitrogens with one attached hydrogen (secondary N) is 3. The van der Waals surface area contributed by atoms with E-state index in [1.54, 1.807) is 53.7 Å². The van der Waals surface area contributed by atoms with Crippen molar-refractivity contribution in [3.8, 4) is 0 Å². The Morgan fingerprint density at radius 2 is 1.54 bits per heavy atom. The number of carbonyl (C=O) groups excluding carboxylic acids is 2. The van der Waals surface area contributed by atoms with Crippen LogP contribution >= 0.6 is 0 Å². The highest BCUT2D eigenvalue weighted by Crippen LogP contribution is 2.38. The summed E-state index contributed by atoms with van der Waals surface area (Å²) in [6.07, 6.45) is 0.119. The molecule has 0 unspecified atom stereocenters. The van der Waals surface area contributed by atoms with E-state index in [0.717, 1.165) is 0 Å². The van der Waals surface area contributed by atoms with E-state index in [9.17, 15) is 19.5 Å². The van der Waals surface area contributed by atoms with Crippen LogP contribution in [-0.2, 0) is 20.7 Å². The van der Waals surface area contributed by atoms with Gasteiger partial charge in [0, 0.05) is 12.1 Å². The van der Waals surface area contributed by atoms with Gasteiger partial charge in [0.25, 0.3) is 0 Å². The molecule has 0 aliphatic carbocycles. The molecule has 0 bridgehead atoms. The minimum Gasteiger partial charge on any atom is -0.481 e. The SMILES string of the molecule is CC(C)(C)OC(=O)NC(=Nc1ccc(C[C@H](c2nn[nH]n2)[C@@H](C(=O)O)C(C)(C)C)cn1)NC(=O)OC(C)(C)C. The first kappa shape index (κ1) is 31.1. The molecule has 0 saturated heterocycles. The average molecular weight is 547 g/mol. The summed E-state index contributed by atoms with van der Waals surface area (Å²) in [6.45, 7) is 15.7. The number of aliphatic imine (C=N–C) groups is 1. The lowest BCUT2D eigenvalue weighted by Crippen LogP contribution is -2.47. The molecule has 0 spiro atoms. The van der Waals surface area contributed by atoms with Crippen LogP contribution in [0.3, 0.4) is 0 Å². The van der Waals surface area contributed by atoms with Gasteiger partial charge in [0.1, 0.15) is 11.2 Å². The molecule has 2 aromatic heterocycles. The second-order valence-corrected chi connectivity index (χ2v) is 12.0. The quantitative estimate of drug-likeness (QED) is 0.306. The minimum atomic E-state index is -0.974. The highest BCUT2D eigenvalue weighted by atomic mass is 16.6.